The fourth-order valence-electron chi connectivity index (χ4n) is 3.74. The lowest BCUT2D eigenvalue weighted by atomic mass is 9.91. The van der Waals surface area contributed by atoms with Gasteiger partial charge >= 0.3 is 0 Å². The summed E-state index contributed by atoms with van der Waals surface area (Å²) >= 11 is 0. The van der Waals surface area contributed by atoms with E-state index in [0.29, 0.717) is 23.8 Å². The molecule has 0 radical (unpaired) electrons. The molecule has 1 aliphatic carbocycles. The van der Waals surface area contributed by atoms with Gasteiger partial charge in [0.15, 0.2) is 0 Å². The molecule has 1 aromatic rings. The number of likely N-dealkylation sites (tertiary alicyclic amines) is 1. The Labute approximate surface area is 130 Å². The first kappa shape index (κ1) is 14.2. The molecule has 3 fully saturated rings. The second-order valence-corrected chi connectivity index (χ2v) is 8.22. The average Bonchev–Trinajstić information content (AvgIpc) is 2.75. The summed E-state index contributed by atoms with van der Waals surface area (Å²) in [6.07, 6.45) is 2.96. The van der Waals surface area contributed by atoms with Crippen LogP contribution in [0.25, 0.3) is 0 Å². The summed E-state index contributed by atoms with van der Waals surface area (Å²) in [5.41, 5.74) is 1.25. The van der Waals surface area contributed by atoms with E-state index in [4.69, 9.17) is 4.74 Å². The lowest BCUT2D eigenvalue weighted by molar-refractivity contribution is -0.140. The van der Waals surface area contributed by atoms with E-state index in [9.17, 15) is 4.79 Å². The van der Waals surface area contributed by atoms with Crippen molar-refractivity contribution in [1.29, 1.82) is 0 Å². The van der Waals surface area contributed by atoms with Crippen LogP contribution < -0.4 is 0 Å². The first-order valence-electron chi connectivity index (χ1n) is 8.19. The van der Waals surface area contributed by atoms with Gasteiger partial charge in [0.2, 0.25) is 5.91 Å². The minimum absolute atomic E-state index is 0.217. The third-order valence-corrected chi connectivity index (χ3v) is 5.05. The van der Waals surface area contributed by atoms with Crippen LogP contribution in [-0.2, 0) is 16.0 Å². The summed E-state index contributed by atoms with van der Waals surface area (Å²) in [5.74, 6) is 1.55. The molecule has 1 saturated carbocycles. The van der Waals surface area contributed by atoms with Gasteiger partial charge in [0, 0.05) is 25.2 Å². The second kappa shape index (κ2) is 4.78. The Morgan fingerprint density at radius 3 is 2.64 bits per heavy atom. The Kier molecular flexibility index (Phi) is 3.08. The maximum atomic E-state index is 12.4. The lowest BCUT2D eigenvalue weighted by Gasteiger charge is -2.39. The van der Waals surface area contributed by atoms with Crippen LogP contribution in [0.3, 0.4) is 0 Å². The normalized spacial score (nSPS) is 31.0. The Hall–Kier alpha value is -1.43. The van der Waals surface area contributed by atoms with E-state index in [1.165, 1.54) is 0 Å². The van der Waals surface area contributed by atoms with Gasteiger partial charge < -0.3 is 9.64 Å². The number of fused-ring (bicyclic) bond motifs is 1. The number of carbonyl (C=O) groups excluding carboxylic acids is 1. The summed E-state index contributed by atoms with van der Waals surface area (Å²) in [6, 6.07) is 0.292. The molecule has 1 amide bonds. The highest BCUT2D eigenvalue weighted by atomic mass is 16.5. The Balaban J connectivity index is 1.31. The minimum Gasteiger partial charge on any atom is -0.381 e. The van der Waals surface area contributed by atoms with Gasteiger partial charge in [-0.2, -0.15) is 0 Å². The number of aromatic nitrogens is 3. The third-order valence-electron chi connectivity index (χ3n) is 5.05. The molecule has 1 unspecified atom stereocenters. The standard InChI is InChI=1S/C16H24N4O2/c1-16(2,3)4-10-5-20(18-17-10)11-6-19(7-11)15(21)14-12-8-22-9-13(12)14/h5,11-14H,4,6-9H2,1-3H3/t12-,13+,14?. The molecule has 22 heavy (non-hydrogen) atoms. The molecule has 1 aromatic heterocycles. The van der Waals surface area contributed by atoms with Crippen molar-refractivity contribution in [3.63, 3.8) is 0 Å². The fraction of sp³-hybridized carbons (Fsp3) is 0.812. The van der Waals surface area contributed by atoms with Gasteiger partial charge in [0.1, 0.15) is 0 Å². The van der Waals surface area contributed by atoms with E-state index in [2.05, 4.69) is 31.1 Å². The van der Waals surface area contributed by atoms with Crippen molar-refractivity contribution in [2.45, 2.75) is 33.2 Å². The lowest BCUT2D eigenvalue weighted by Crippen LogP contribution is -2.52. The fourth-order valence-corrected chi connectivity index (χ4v) is 3.74. The number of nitrogens with zero attached hydrogens (tertiary/aromatic N) is 4. The molecule has 4 rings (SSSR count). The van der Waals surface area contributed by atoms with Gasteiger partial charge in [0.25, 0.3) is 0 Å². The maximum absolute atomic E-state index is 12.4. The van der Waals surface area contributed by atoms with Gasteiger partial charge in [-0.05, 0) is 23.7 Å². The maximum Gasteiger partial charge on any atom is 0.226 e. The molecule has 6 nitrogen and oxygen atoms in total. The van der Waals surface area contributed by atoms with E-state index < -0.39 is 0 Å². The first-order chi connectivity index (χ1) is 10.4. The zero-order chi connectivity index (χ0) is 15.5. The Bertz CT molecular complexity index is 575. The predicted molar refractivity (Wildman–Crippen MR) is 80.1 cm³/mol. The molecule has 3 atom stereocenters. The first-order valence-corrected chi connectivity index (χ1v) is 8.19. The van der Waals surface area contributed by atoms with E-state index in [-0.39, 0.29) is 11.3 Å². The smallest absolute Gasteiger partial charge is 0.226 e. The average molecular weight is 304 g/mol. The quantitative estimate of drug-likeness (QED) is 0.840. The number of hydrogen-bond acceptors (Lipinski definition) is 4. The topological polar surface area (TPSA) is 60.2 Å². The summed E-state index contributed by atoms with van der Waals surface area (Å²) < 4.78 is 7.29. The SMILES string of the molecule is CC(C)(C)Cc1cn(C2CN(C(=O)C3[C@H]4COC[C@@H]34)C2)nn1. The molecular formula is C16H24N4O2. The number of ether oxygens (including phenoxy) is 1. The highest BCUT2D eigenvalue weighted by Crippen LogP contribution is 2.52. The molecular weight excluding hydrogens is 280 g/mol. The van der Waals surface area contributed by atoms with Gasteiger partial charge in [-0.1, -0.05) is 26.0 Å². The Morgan fingerprint density at radius 2 is 2.00 bits per heavy atom. The van der Waals surface area contributed by atoms with Crippen molar-refractivity contribution in [3.05, 3.63) is 11.9 Å². The molecule has 2 aliphatic heterocycles. The van der Waals surface area contributed by atoms with Crippen LogP contribution >= 0.6 is 0 Å². The van der Waals surface area contributed by atoms with Gasteiger partial charge in [-0.25, -0.2) is 4.68 Å². The van der Waals surface area contributed by atoms with Crippen LogP contribution in [0, 0.1) is 23.2 Å². The van der Waals surface area contributed by atoms with Crippen LogP contribution in [0.15, 0.2) is 6.20 Å². The summed E-state index contributed by atoms with van der Waals surface area (Å²) in [7, 11) is 0. The van der Waals surface area contributed by atoms with Crippen molar-refractivity contribution in [2.24, 2.45) is 23.2 Å². The van der Waals surface area contributed by atoms with Crippen LogP contribution in [0.2, 0.25) is 0 Å². The van der Waals surface area contributed by atoms with Gasteiger partial charge in [-0.15, -0.1) is 5.10 Å². The third kappa shape index (κ3) is 2.43. The molecule has 120 valence electrons. The summed E-state index contributed by atoms with van der Waals surface area (Å²) in [6.45, 7) is 9.70. The van der Waals surface area contributed by atoms with Crippen LogP contribution in [0.1, 0.15) is 32.5 Å². The molecule has 3 heterocycles. The van der Waals surface area contributed by atoms with E-state index in [1.54, 1.807) is 0 Å². The molecule has 0 aromatic carbocycles. The zero-order valence-electron chi connectivity index (χ0n) is 13.5. The number of amides is 1. The minimum atomic E-state index is 0.217. The van der Waals surface area contributed by atoms with E-state index in [0.717, 1.165) is 38.4 Å². The number of rotatable bonds is 3. The predicted octanol–water partition coefficient (Wildman–Crippen LogP) is 1.14. The number of hydrogen-bond donors (Lipinski definition) is 0. The number of carbonyl (C=O) groups is 1. The molecule has 3 aliphatic rings. The van der Waals surface area contributed by atoms with Crippen molar-refractivity contribution >= 4 is 5.91 Å². The monoisotopic (exact) mass is 304 g/mol. The molecule has 2 saturated heterocycles. The van der Waals surface area contributed by atoms with Crippen LogP contribution in [0.4, 0.5) is 0 Å². The summed E-state index contributed by atoms with van der Waals surface area (Å²) in [4.78, 5) is 14.4. The zero-order valence-corrected chi connectivity index (χ0v) is 13.5. The highest BCUT2D eigenvalue weighted by molar-refractivity contribution is 5.83. The van der Waals surface area contributed by atoms with E-state index >= 15 is 0 Å². The summed E-state index contributed by atoms with van der Waals surface area (Å²) in [5, 5.41) is 8.50. The second-order valence-electron chi connectivity index (χ2n) is 8.22. The van der Waals surface area contributed by atoms with Crippen molar-refractivity contribution in [1.82, 2.24) is 19.9 Å². The molecule has 0 spiro atoms. The largest absolute Gasteiger partial charge is 0.381 e. The van der Waals surface area contributed by atoms with E-state index in [1.807, 2.05) is 15.8 Å². The van der Waals surface area contributed by atoms with Crippen LogP contribution in [-0.4, -0.2) is 52.1 Å². The highest BCUT2D eigenvalue weighted by Gasteiger charge is 2.59. The molecule has 6 heteroatoms. The Morgan fingerprint density at radius 1 is 1.32 bits per heavy atom. The van der Waals surface area contributed by atoms with Gasteiger partial charge in [0.05, 0.1) is 24.9 Å². The van der Waals surface area contributed by atoms with Gasteiger partial charge in [-0.3, -0.25) is 4.79 Å². The molecule has 0 bridgehead atoms. The van der Waals surface area contributed by atoms with Crippen molar-refractivity contribution in [3.8, 4) is 0 Å². The van der Waals surface area contributed by atoms with Crippen molar-refractivity contribution in [2.75, 3.05) is 26.3 Å². The van der Waals surface area contributed by atoms with Crippen LogP contribution in [0.5, 0.6) is 0 Å². The molecule has 0 N–H and O–H groups in total. The van der Waals surface area contributed by atoms with Crippen molar-refractivity contribution < 1.29 is 9.53 Å².